The van der Waals surface area contributed by atoms with Gasteiger partial charge >= 0.3 is 12.2 Å². The number of carbonyl (C=O) groups excluding carboxylic acids is 2. The second kappa shape index (κ2) is 13.1. The van der Waals surface area contributed by atoms with Gasteiger partial charge in [-0.3, -0.25) is 0 Å². The number of hydrazine groups is 1. The summed E-state index contributed by atoms with van der Waals surface area (Å²) in [7, 11) is 0. The normalized spacial score (nSPS) is 16.8. The quantitative estimate of drug-likeness (QED) is 0.429. The smallest absolute Gasteiger partial charge is 0.424 e. The third kappa shape index (κ3) is 11.8. The molecule has 2 rings (SSSR count). The van der Waals surface area contributed by atoms with E-state index in [1.54, 1.807) is 20.8 Å². The lowest BCUT2D eigenvalue weighted by molar-refractivity contribution is 0.000924. The van der Waals surface area contributed by atoms with E-state index in [1.165, 1.54) is 11.4 Å². The van der Waals surface area contributed by atoms with Gasteiger partial charge in [-0.05, 0) is 72.3 Å². The van der Waals surface area contributed by atoms with Gasteiger partial charge in [0.05, 0.1) is 12.1 Å². The van der Waals surface area contributed by atoms with Crippen molar-refractivity contribution in [3.05, 3.63) is 35.9 Å². The zero-order valence-corrected chi connectivity index (χ0v) is 22.3. The predicted octanol–water partition coefficient (Wildman–Crippen LogP) is 4.81. The molecule has 0 saturated heterocycles. The monoisotopic (exact) mass is 491 g/mol. The molecule has 1 fully saturated rings. The maximum Gasteiger partial charge on any atom is 0.424 e. The van der Waals surface area contributed by atoms with Gasteiger partial charge in [-0.25, -0.2) is 20.0 Å². The predicted molar refractivity (Wildman–Crippen MR) is 137 cm³/mol. The van der Waals surface area contributed by atoms with Crippen molar-refractivity contribution in [2.24, 2.45) is 5.92 Å². The Kier molecular flexibility index (Phi) is 10.8. The van der Waals surface area contributed by atoms with Crippen LogP contribution in [0.2, 0.25) is 0 Å². The number of alkyl carbamates (subject to hydrolysis) is 1. The standard InChI is InChI=1S/C27H45N3O5/c1-26(2,3)34-24(32)29-22(17-20-13-9-7-10-14-20)23(31)18-28-30(25(33)35-27(4,5)6)19-21-15-11-8-12-16-21/h7,9-10,13-14,21-23,28,31H,8,11-12,15-19H2,1-6H3,(H,29,32)/t22-,23-/m1/s1. The number of ether oxygens (including phenoxy) is 2. The first kappa shape index (κ1) is 28.9. The summed E-state index contributed by atoms with van der Waals surface area (Å²) in [6, 6.07) is 9.02. The molecule has 198 valence electrons. The lowest BCUT2D eigenvalue weighted by Crippen LogP contribution is -2.55. The van der Waals surface area contributed by atoms with Crippen molar-refractivity contribution in [3.63, 3.8) is 0 Å². The van der Waals surface area contributed by atoms with Crippen molar-refractivity contribution in [1.82, 2.24) is 15.8 Å². The molecule has 0 aliphatic heterocycles. The van der Waals surface area contributed by atoms with Crippen molar-refractivity contribution in [3.8, 4) is 0 Å². The Morgan fingerprint density at radius 2 is 1.60 bits per heavy atom. The molecular weight excluding hydrogens is 446 g/mol. The average molecular weight is 492 g/mol. The highest BCUT2D eigenvalue weighted by Crippen LogP contribution is 2.24. The molecule has 1 aromatic rings. The number of aliphatic hydroxyl groups excluding tert-OH is 1. The van der Waals surface area contributed by atoms with Crippen LogP contribution in [0.25, 0.3) is 0 Å². The highest BCUT2D eigenvalue weighted by atomic mass is 16.6. The third-order valence-electron chi connectivity index (χ3n) is 5.74. The summed E-state index contributed by atoms with van der Waals surface area (Å²) in [5, 5.41) is 15.4. The second-order valence-corrected chi connectivity index (χ2v) is 11.5. The Balaban J connectivity index is 2.09. The second-order valence-electron chi connectivity index (χ2n) is 11.5. The van der Waals surface area contributed by atoms with E-state index in [4.69, 9.17) is 9.47 Å². The highest BCUT2D eigenvalue weighted by molar-refractivity contribution is 5.68. The fourth-order valence-corrected chi connectivity index (χ4v) is 4.10. The van der Waals surface area contributed by atoms with Crippen molar-refractivity contribution >= 4 is 12.2 Å². The summed E-state index contributed by atoms with van der Waals surface area (Å²) < 4.78 is 11.0. The Hall–Kier alpha value is -2.32. The number of nitrogens with one attached hydrogen (secondary N) is 2. The molecule has 0 unspecified atom stereocenters. The number of nitrogens with zero attached hydrogens (tertiary/aromatic N) is 1. The maximum absolute atomic E-state index is 12.9. The SMILES string of the molecule is CC(C)(C)OC(=O)N[C@H](Cc1ccccc1)[C@H](O)CNN(CC1CCCCC1)C(=O)OC(C)(C)C. The van der Waals surface area contributed by atoms with Gasteiger partial charge in [0.1, 0.15) is 11.2 Å². The van der Waals surface area contributed by atoms with Gasteiger partial charge in [-0.15, -0.1) is 0 Å². The number of hydrogen-bond donors (Lipinski definition) is 3. The Labute approximate surface area is 210 Å². The number of carbonyl (C=O) groups is 2. The molecular formula is C27H45N3O5. The van der Waals surface area contributed by atoms with Crippen molar-refractivity contribution in [2.75, 3.05) is 13.1 Å². The Morgan fingerprint density at radius 3 is 2.17 bits per heavy atom. The van der Waals surface area contributed by atoms with Gasteiger partial charge in [0.2, 0.25) is 0 Å². The van der Waals surface area contributed by atoms with Crippen molar-refractivity contribution in [2.45, 2.75) is 103 Å². The topological polar surface area (TPSA) is 100 Å². The maximum atomic E-state index is 12.9. The summed E-state index contributed by atoms with van der Waals surface area (Å²) in [5.74, 6) is 0.390. The Bertz CT molecular complexity index is 782. The summed E-state index contributed by atoms with van der Waals surface area (Å²) in [4.78, 5) is 25.4. The molecule has 2 atom stereocenters. The molecule has 0 spiro atoms. The molecule has 0 heterocycles. The fraction of sp³-hybridized carbons (Fsp3) is 0.704. The molecule has 0 radical (unpaired) electrons. The number of rotatable bonds is 9. The molecule has 0 bridgehead atoms. The number of hydrogen-bond acceptors (Lipinski definition) is 6. The van der Waals surface area contributed by atoms with E-state index in [0.717, 1.165) is 31.2 Å². The largest absolute Gasteiger partial charge is 0.444 e. The molecule has 35 heavy (non-hydrogen) atoms. The van der Waals surface area contributed by atoms with E-state index in [9.17, 15) is 14.7 Å². The van der Waals surface area contributed by atoms with Crippen LogP contribution in [0, 0.1) is 5.92 Å². The van der Waals surface area contributed by atoms with E-state index in [2.05, 4.69) is 10.7 Å². The Morgan fingerprint density at radius 1 is 1.00 bits per heavy atom. The highest BCUT2D eigenvalue weighted by Gasteiger charge is 2.29. The molecule has 1 aliphatic carbocycles. The van der Waals surface area contributed by atoms with E-state index in [0.29, 0.717) is 18.9 Å². The van der Waals surface area contributed by atoms with Crippen LogP contribution in [0.3, 0.4) is 0 Å². The minimum absolute atomic E-state index is 0.0687. The molecule has 8 nitrogen and oxygen atoms in total. The first-order chi connectivity index (χ1) is 16.3. The van der Waals surface area contributed by atoms with E-state index >= 15 is 0 Å². The van der Waals surface area contributed by atoms with E-state index in [1.807, 2.05) is 51.1 Å². The zero-order chi connectivity index (χ0) is 26.1. The van der Waals surface area contributed by atoms with Crippen molar-refractivity contribution < 1.29 is 24.2 Å². The summed E-state index contributed by atoms with van der Waals surface area (Å²) in [6.45, 7) is 11.5. The van der Waals surface area contributed by atoms with Crippen LogP contribution in [-0.2, 0) is 15.9 Å². The van der Waals surface area contributed by atoms with E-state index < -0.39 is 35.5 Å². The lowest BCUT2D eigenvalue weighted by Gasteiger charge is -2.33. The molecule has 1 aromatic carbocycles. The summed E-state index contributed by atoms with van der Waals surface area (Å²) in [6.07, 6.45) is 4.08. The number of aliphatic hydroxyl groups is 1. The van der Waals surface area contributed by atoms with Gasteiger partial charge in [0.15, 0.2) is 0 Å². The molecule has 2 amide bonds. The average Bonchev–Trinajstić information content (AvgIpc) is 2.75. The van der Waals surface area contributed by atoms with Gasteiger partial charge in [0, 0.05) is 13.1 Å². The molecule has 0 aromatic heterocycles. The molecule has 1 aliphatic rings. The van der Waals surface area contributed by atoms with Gasteiger partial charge in [0.25, 0.3) is 0 Å². The van der Waals surface area contributed by atoms with Crippen LogP contribution < -0.4 is 10.7 Å². The number of amides is 2. The fourth-order valence-electron chi connectivity index (χ4n) is 4.10. The minimum atomic E-state index is -0.973. The summed E-state index contributed by atoms with van der Waals surface area (Å²) in [5.41, 5.74) is 2.78. The molecule has 1 saturated carbocycles. The van der Waals surface area contributed by atoms with Crippen LogP contribution in [0.15, 0.2) is 30.3 Å². The third-order valence-corrected chi connectivity index (χ3v) is 5.74. The van der Waals surface area contributed by atoms with E-state index in [-0.39, 0.29) is 6.54 Å². The van der Waals surface area contributed by atoms with Crippen molar-refractivity contribution in [1.29, 1.82) is 0 Å². The van der Waals surface area contributed by atoms with Gasteiger partial charge in [-0.2, -0.15) is 0 Å². The van der Waals surface area contributed by atoms with Crippen LogP contribution in [0.1, 0.15) is 79.2 Å². The van der Waals surface area contributed by atoms with Crippen LogP contribution >= 0.6 is 0 Å². The first-order valence-electron chi connectivity index (χ1n) is 12.8. The molecule has 8 heteroatoms. The van der Waals surface area contributed by atoms with Crippen LogP contribution in [-0.4, -0.2) is 58.7 Å². The molecule has 3 N–H and O–H groups in total. The van der Waals surface area contributed by atoms with Gasteiger partial charge < -0.3 is 19.9 Å². The first-order valence-corrected chi connectivity index (χ1v) is 12.8. The van der Waals surface area contributed by atoms with Crippen LogP contribution in [0.5, 0.6) is 0 Å². The zero-order valence-electron chi connectivity index (χ0n) is 22.3. The lowest BCUT2D eigenvalue weighted by atomic mass is 9.89. The number of benzene rings is 1. The van der Waals surface area contributed by atoms with Crippen LogP contribution in [0.4, 0.5) is 9.59 Å². The van der Waals surface area contributed by atoms with Gasteiger partial charge in [-0.1, -0.05) is 49.6 Å². The minimum Gasteiger partial charge on any atom is -0.444 e. The summed E-state index contributed by atoms with van der Waals surface area (Å²) >= 11 is 0.